The number of fused-ring (bicyclic) bond motifs is 3. The van der Waals surface area contributed by atoms with Crippen LogP contribution in [0.5, 0.6) is 0 Å². The predicted octanol–water partition coefficient (Wildman–Crippen LogP) is 4.40. The van der Waals surface area contributed by atoms with Gasteiger partial charge in [-0.05, 0) is 63.1 Å². The van der Waals surface area contributed by atoms with Gasteiger partial charge in [0.2, 0.25) is 5.91 Å². The van der Waals surface area contributed by atoms with Crippen LogP contribution in [0.3, 0.4) is 0 Å². The van der Waals surface area contributed by atoms with Crippen LogP contribution < -0.4 is 10.9 Å². The number of hydrogen-bond donors (Lipinski definition) is 1. The van der Waals surface area contributed by atoms with E-state index in [2.05, 4.69) is 17.2 Å². The van der Waals surface area contributed by atoms with Crippen molar-refractivity contribution >= 4 is 33.1 Å². The second-order valence-corrected chi connectivity index (χ2v) is 9.06. The Morgan fingerprint density at radius 2 is 2.14 bits per heavy atom. The number of carbonyl (C=O) groups excluding carboxylic acids is 1. The number of aryl methyl sites for hydroxylation is 3. The van der Waals surface area contributed by atoms with Crippen molar-refractivity contribution in [2.75, 3.05) is 5.32 Å². The van der Waals surface area contributed by atoms with Gasteiger partial charge in [0.25, 0.3) is 5.56 Å². The number of thiophene rings is 1. The van der Waals surface area contributed by atoms with E-state index in [0.717, 1.165) is 46.5 Å². The highest BCUT2D eigenvalue weighted by atomic mass is 32.1. The molecule has 0 saturated heterocycles. The van der Waals surface area contributed by atoms with E-state index in [-0.39, 0.29) is 11.5 Å². The molecule has 1 aliphatic carbocycles. The van der Waals surface area contributed by atoms with Gasteiger partial charge in [-0.15, -0.1) is 11.3 Å². The van der Waals surface area contributed by atoms with Crippen molar-refractivity contribution < 1.29 is 4.79 Å². The van der Waals surface area contributed by atoms with Gasteiger partial charge < -0.3 is 5.32 Å². The molecule has 3 aromatic rings. The molecule has 2 aromatic heterocycles. The summed E-state index contributed by atoms with van der Waals surface area (Å²) in [7, 11) is 0. The van der Waals surface area contributed by atoms with Crippen molar-refractivity contribution in [3.8, 4) is 0 Å². The lowest BCUT2D eigenvalue weighted by atomic mass is 9.89. The highest BCUT2D eigenvalue weighted by Crippen LogP contribution is 2.35. The fraction of sp³-hybridized carbons (Fsp3) is 0.409. The van der Waals surface area contributed by atoms with Gasteiger partial charge in [-0.1, -0.05) is 24.6 Å². The van der Waals surface area contributed by atoms with Gasteiger partial charge in [-0.3, -0.25) is 14.2 Å². The molecule has 146 valence electrons. The standard InChI is InChI=1S/C22H25N3O2S/c1-12-6-8-17(14(3)9-12)24-20(26)15(4)25-11-23-21-19(22(25)27)16-7-5-13(2)10-18(16)28-21/h6,8-9,11,13,15H,5,7,10H2,1-4H3,(H,24,26)/t13-,15-/m0/s1. The molecule has 28 heavy (non-hydrogen) atoms. The number of hydrogen-bond acceptors (Lipinski definition) is 4. The minimum atomic E-state index is -0.636. The van der Waals surface area contributed by atoms with E-state index in [1.165, 1.54) is 15.8 Å². The fourth-order valence-electron chi connectivity index (χ4n) is 3.94. The van der Waals surface area contributed by atoms with Crippen LogP contribution in [0.1, 0.15) is 47.9 Å². The fourth-order valence-corrected chi connectivity index (χ4v) is 5.28. The third-order valence-electron chi connectivity index (χ3n) is 5.68. The van der Waals surface area contributed by atoms with E-state index in [4.69, 9.17) is 0 Å². The molecule has 0 unspecified atom stereocenters. The molecule has 5 nitrogen and oxygen atoms in total. The number of anilines is 1. The van der Waals surface area contributed by atoms with Gasteiger partial charge in [-0.25, -0.2) is 4.98 Å². The number of benzene rings is 1. The first-order chi connectivity index (χ1) is 13.3. The number of carbonyl (C=O) groups is 1. The quantitative estimate of drug-likeness (QED) is 0.715. The molecule has 0 fully saturated rings. The van der Waals surface area contributed by atoms with Crippen molar-refractivity contribution in [3.05, 3.63) is 56.4 Å². The van der Waals surface area contributed by atoms with Crippen LogP contribution in [0.2, 0.25) is 0 Å². The average molecular weight is 396 g/mol. The first-order valence-electron chi connectivity index (χ1n) is 9.74. The summed E-state index contributed by atoms with van der Waals surface area (Å²) in [5.74, 6) is 0.429. The Labute approximate surface area is 168 Å². The molecule has 0 aliphatic heterocycles. The molecule has 1 amide bonds. The third-order valence-corrected chi connectivity index (χ3v) is 6.84. The van der Waals surface area contributed by atoms with Gasteiger partial charge in [-0.2, -0.15) is 0 Å². The Morgan fingerprint density at radius 1 is 1.36 bits per heavy atom. The SMILES string of the molecule is Cc1ccc(NC(=O)[C@H](C)n2cnc3sc4c(c3c2=O)CC[C@H](C)C4)c(C)c1. The van der Waals surface area contributed by atoms with Gasteiger partial charge in [0.1, 0.15) is 10.9 Å². The van der Waals surface area contributed by atoms with Gasteiger partial charge in [0.05, 0.1) is 11.7 Å². The van der Waals surface area contributed by atoms with Gasteiger partial charge >= 0.3 is 0 Å². The van der Waals surface area contributed by atoms with Gasteiger partial charge in [0, 0.05) is 10.6 Å². The third kappa shape index (κ3) is 3.26. The summed E-state index contributed by atoms with van der Waals surface area (Å²) in [6, 6.07) is 5.25. The number of nitrogens with zero attached hydrogens (tertiary/aromatic N) is 2. The first kappa shape index (κ1) is 18.9. The molecule has 6 heteroatoms. The molecule has 2 atom stereocenters. The lowest BCUT2D eigenvalue weighted by Gasteiger charge is -2.18. The molecule has 1 N–H and O–H groups in total. The zero-order chi connectivity index (χ0) is 20.0. The van der Waals surface area contributed by atoms with E-state index in [9.17, 15) is 9.59 Å². The molecule has 0 saturated carbocycles. The summed E-state index contributed by atoms with van der Waals surface area (Å²) in [6.07, 6.45) is 4.54. The topological polar surface area (TPSA) is 64.0 Å². The van der Waals surface area contributed by atoms with Crippen molar-refractivity contribution in [1.29, 1.82) is 0 Å². The Balaban J connectivity index is 1.67. The van der Waals surface area contributed by atoms with Crippen LogP contribution >= 0.6 is 11.3 Å². The zero-order valence-electron chi connectivity index (χ0n) is 16.7. The maximum absolute atomic E-state index is 13.2. The average Bonchev–Trinajstić information content (AvgIpc) is 3.02. The Morgan fingerprint density at radius 3 is 2.89 bits per heavy atom. The smallest absolute Gasteiger partial charge is 0.263 e. The number of nitrogens with one attached hydrogen (secondary N) is 1. The largest absolute Gasteiger partial charge is 0.324 e. The first-order valence-corrected chi connectivity index (χ1v) is 10.6. The van der Waals surface area contributed by atoms with E-state index in [0.29, 0.717) is 11.3 Å². The van der Waals surface area contributed by atoms with Gasteiger partial charge in [0.15, 0.2) is 0 Å². The maximum atomic E-state index is 13.2. The molecule has 0 radical (unpaired) electrons. The molecule has 1 aliphatic rings. The van der Waals surface area contributed by atoms with E-state index >= 15 is 0 Å². The lowest BCUT2D eigenvalue weighted by molar-refractivity contribution is -0.118. The molecule has 4 rings (SSSR count). The highest BCUT2D eigenvalue weighted by Gasteiger charge is 2.25. The summed E-state index contributed by atoms with van der Waals surface area (Å²) in [4.78, 5) is 32.6. The Kier molecular flexibility index (Phi) is 4.83. The summed E-state index contributed by atoms with van der Waals surface area (Å²) >= 11 is 1.63. The van der Waals surface area contributed by atoms with Crippen molar-refractivity contribution in [2.45, 2.75) is 53.0 Å². The zero-order valence-corrected chi connectivity index (χ0v) is 17.5. The number of rotatable bonds is 3. The monoisotopic (exact) mass is 395 g/mol. The summed E-state index contributed by atoms with van der Waals surface area (Å²) in [6.45, 7) is 7.98. The van der Waals surface area contributed by atoms with Crippen LogP contribution in [0.25, 0.3) is 10.2 Å². The van der Waals surface area contributed by atoms with E-state index in [1.54, 1.807) is 18.3 Å². The van der Waals surface area contributed by atoms with E-state index in [1.807, 2.05) is 32.0 Å². The predicted molar refractivity (Wildman–Crippen MR) is 114 cm³/mol. The minimum absolute atomic E-state index is 0.111. The summed E-state index contributed by atoms with van der Waals surface area (Å²) in [5, 5.41) is 3.66. The number of aromatic nitrogens is 2. The summed E-state index contributed by atoms with van der Waals surface area (Å²) < 4.78 is 1.46. The molecular formula is C22H25N3O2S. The second-order valence-electron chi connectivity index (χ2n) is 7.97. The van der Waals surface area contributed by atoms with Crippen LogP contribution in [-0.4, -0.2) is 15.5 Å². The van der Waals surface area contributed by atoms with Crippen LogP contribution in [0.15, 0.2) is 29.3 Å². The number of amides is 1. The highest BCUT2D eigenvalue weighted by molar-refractivity contribution is 7.18. The van der Waals surface area contributed by atoms with Crippen LogP contribution in [0, 0.1) is 19.8 Å². The molecular weight excluding hydrogens is 370 g/mol. The van der Waals surface area contributed by atoms with Crippen LogP contribution in [0.4, 0.5) is 5.69 Å². The Hall–Kier alpha value is -2.47. The molecule has 0 spiro atoms. The molecule has 2 heterocycles. The lowest BCUT2D eigenvalue weighted by Crippen LogP contribution is -2.32. The van der Waals surface area contributed by atoms with Crippen LogP contribution in [-0.2, 0) is 17.6 Å². The summed E-state index contributed by atoms with van der Waals surface area (Å²) in [5.41, 5.74) is 3.95. The molecule has 1 aromatic carbocycles. The van der Waals surface area contributed by atoms with Crippen molar-refractivity contribution in [3.63, 3.8) is 0 Å². The maximum Gasteiger partial charge on any atom is 0.263 e. The molecule has 0 bridgehead atoms. The second kappa shape index (κ2) is 7.17. The van der Waals surface area contributed by atoms with Crippen molar-refractivity contribution in [1.82, 2.24) is 9.55 Å². The Bertz CT molecular complexity index is 1130. The van der Waals surface area contributed by atoms with Crippen molar-refractivity contribution in [2.24, 2.45) is 5.92 Å². The van der Waals surface area contributed by atoms with E-state index < -0.39 is 6.04 Å². The minimum Gasteiger partial charge on any atom is -0.324 e. The normalized spacial score (nSPS) is 17.4.